The first-order valence-electron chi connectivity index (χ1n) is 9.30. The molecule has 0 unspecified atom stereocenters. The molecular weight excluding hydrogens is 358 g/mol. The number of hydrogen-bond donors (Lipinski definition) is 0. The molecule has 140 valence electrons. The van der Waals surface area contributed by atoms with Crippen molar-refractivity contribution >= 4 is 22.7 Å². The molecule has 0 saturated heterocycles. The van der Waals surface area contributed by atoms with Crippen LogP contribution in [0.15, 0.2) is 17.1 Å². The Bertz CT molecular complexity index is 926. The molecule has 0 N–H and O–H groups in total. The number of rotatable bonds is 4. The number of ether oxygens (including phenoxy) is 2. The number of aryl methyl sites for hydroxylation is 1. The van der Waals surface area contributed by atoms with Crippen LogP contribution >= 0.6 is 11.3 Å². The van der Waals surface area contributed by atoms with Gasteiger partial charge in [-0.3, -0.25) is 0 Å². The summed E-state index contributed by atoms with van der Waals surface area (Å²) in [4.78, 5) is 8.25. The minimum Gasteiger partial charge on any atom is -0.493 e. The van der Waals surface area contributed by atoms with Crippen molar-refractivity contribution in [1.82, 2.24) is 4.90 Å². The zero-order chi connectivity index (χ0) is 18.8. The molecule has 4 rings (SSSR count). The first-order valence-corrected chi connectivity index (χ1v) is 10.1. The van der Waals surface area contributed by atoms with Gasteiger partial charge in [-0.1, -0.05) is 0 Å². The normalized spacial score (nSPS) is 16.0. The van der Waals surface area contributed by atoms with Gasteiger partial charge in [0.05, 0.1) is 26.1 Å². The first-order chi connectivity index (χ1) is 13.2. The number of benzene rings is 1. The second-order valence-electron chi connectivity index (χ2n) is 6.94. The fourth-order valence-corrected chi connectivity index (χ4v) is 5.07. The van der Waals surface area contributed by atoms with E-state index in [0.29, 0.717) is 0 Å². The lowest BCUT2D eigenvalue weighted by Crippen LogP contribution is -2.29. The highest BCUT2D eigenvalue weighted by Crippen LogP contribution is 2.39. The lowest BCUT2D eigenvalue weighted by molar-refractivity contribution is 0.349. The van der Waals surface area contributed by atoms with Crippen LogP contribution in [0.3, 0.4) is 0 Å². The monoisotopic (exact) mass is 381 g/mol. The fourth-order valence-electron chi connectivity index (χ4n) is 3.90. The van der Waals surface area contributed by atoms with Crippen LogP contribution in [0.4, 0.5) is 5.00 Å². The average molecular weight is 382 g/mol. The zero-order valence-electron chi connectivity index (χ0n) is 15.7. The summed E-state index contributed by atoms with van der Waals surface area (Å²) >= 11 is 1.69. The highest BCUT2D eigenvalue weighted by atomic mass is 32.1. The second-order valence-corrected chi connectivity index (χ2v) is 8.03. The molecule has 0 bridgehead atoms. The Morgan fingerprint density at radius 2 is 1.85 bits per heavy atom. The van der Waals surface area contributed by atoms with Gasteiger partial charge in [0.1, 0.15) is 11.1 Å². The summed E-state index contributed by atoms with van der Waals surface area (Å²) in [7, 11) is 3.33. The Labute approximate surface area is 163 Å². The molecule has 27 heavy (non-hydrogen) atoms. The van der Waals surface area contributed by atoms with E-state index < -0.39 is 0 Å². The van der Waals surface area contributed by atoms with Crippen molar-refractivity contribution < 1.29 is 9.47 Å². The van der Waals surface area contributed by atoms with Crippen LogP contribution in [0.5, 0.6) is 11.5 Å². The molecule has 1 aliphatic carbocycles. The first kappa shape index (κ1) is 17.9. The van der Waals surface area contributed by atoms with Crippen molar-refractivity contribution in [2.45, 2.75) is 38.6 Å². The second kappa shape index (κ2) is 7.61. The molecule has 0 amide bonds. The van der Waals surface area contributed by atoms with Crippen molar-refractivity contribution in [3.05, 3.63) is 39.3 Å². The summed E-state index contributed by atoms with van der Waals surface area (Å²) in [5.74, 6) is 1.54. The molecule has 0 radical (unpaired) electrons. The van der Waals surface area contributed by atoms with Crippen molar-refractivity contribution in [3.8, 4) is 17.6 Å². The van der Waals surface area contributed by atoms with Gasteiger partial charge in [-0.05, 0) is 60.9 Å². The summed E-state index contributed by atoms with van der Waals surface area (Å²) < 4.78 is 10.8. The molecule has 5 nitrogen and oxygen atoms in total. The van der Waals surface area contributed by atoms with Crippen LogP contribution in [-0.4, -0.2) is 32.0 Å². The van der Waals surface area contributed by atoms with E-state index in [-0.39, 0.29) is 0 Å². The molecule has 0 atom stereocenters. The number of fused-ring (bicyclic) bond motifs is 2. The molecule has 1 aromatic heterocycles. The Morgan fingerprint density at radius 1 is 1.11 bits per heavy atom. The Kier molecular flexibility index (Phi) is 5.04. The van der Waals surface area contributed by atoms with Gasteiger partial charge in [0.25, 0.3) is 0 Å². The van der Waals surface area contributed by atoms with Gasteiger partial charge in [0.15, 0.2) is 11.5 Å². The topological polar surface area (TPSA) is 57.9 Å². The number of methoxy groups -OCH3 is 2. The summed E-state index contributed by atoms with van der Waals surface area (Å²) in [5, 5.41) is 10.4. The number of nitrogens with zero attached hydrogens (tertiary/aromatic N) is 3. The van der Waals surface area contributed by atoms with Crippen molar-refractivity contribution in [2.75, 3.05) is 20.8 Å². The quantitative estimate of drug-likeness (QED) is 0.587. The Hall–Kier alpha value is -2.52. The minimum atomic E-state index is 0.757. The lowest BCUT2D eigenvalue weighted by Gasteiger charge is -2.27. The van der Waals surface area contributed by atoms with Gasteiger partial charge in [-0.2, -0.15) is 5.26 Å². The van der Waals surface area contributed by atoms with Gasteiger partial charge >= 0.3 is 0 Å². The number of hydrogen-bond acceptors (Lipinski definition) is 5. The Balaban J connectivity index is 1.55. The van der Waals surface area contributed by atoms with E-state index in [2.05, 4.69) is 23.1 Å². The third-order valence-corrected chi connectivity index (χ3v) is 6.55. The zero-order valence-corrected chi connectivity index (χ0v) is 16.6. The predicted molar refractivity (Wildman–Crippen MR) is 107 cm³/mol. The molecule has 2 aromatic rings. The molecule has 6 heteroatoms. The molecule has 2 aliphatic rings. The smallest absolute Gasteiger partial charge is 0.161 e. The largest absolute Gasteiger partial charge is 0.493 e. The van der Waals surface area contributed by atoms with Gasteiger partial charge < -0.3 is 14.4 Å². The van der Waals surface area contributed by atoms with Gasteiger partial charge in [-0.25, -0.2) is 4.99 Å². The maximum absolute atomic E-state index is 9.58. The van der Waals surface area contributed by atoms with Crippen molar-refractivity contribution in [3.63, 3.8) is 0 Å². The lowest BCUT2D eigenvalue weighted by atomic mass is 9.96. The van der Waals surface area contributed by atoms with Crippen LogP contribution in [0, 0.1) is 11.3 Å². The van der Waals surface area contributed by atoms with E-state index in [1.54, 1.807) is 25.6 Å². The van der Waals surface area contributed by atoms with E-state index >= 15 is 0 Å². The van der Waals surface area contributed by atoms with Crippen LogP contribution in [-0.2, 0) is 25.8 Å². The maximum atomic E-state index is 9.58. The SMILES string of the molecule is COc1cc2c(cc1OC)CN(C=Nc1sc3c(c1C#N)CCCC3)CC2. The van der Waals surface area contributed by atoms with E-state index in [4.69, 9.17) is 14.5 Å². The summed E-state index contributed by atoms with van der Waals surface area (Å²) in [5.41, 5.74) is 4.55. The number of thiophene rings is 1. The number of aliphatic imine (C=N–C) groups is 1. The van der Waals surface area contributed by atoms with Gasteiger partial charge in [-0.15, -0.1) is 11.3 Å². The predicted octanol–water partition coefficient (Wildman–Crippen LogP) is 4.23. The molecule has 0 saturated carbocycles. The summed E-state index contributed by atoms with van der Waals surface area (Å²) in [6.07, 6.45) is 7.34. The van der Waals surface area contributed by atoms with E-state index in [1.165, 1.54) is 34.4 Å². The maximum Gasteiger partial charge on any atom is 0.161 e. The summed E-state index contributed by atoms with van der Waals surface area (Å²) in [6.45, 7) is 1.69. The minimum absolute atomic E-state index is 0.757. The van der Waals surface area contributed by atoms with Crippen LogP contribution in [0.2, 0.25) is 0 Å². The molecule has 1 aliphatic heterocycles. The average Bonchev–Trinajstić information content (AvgIpc) is 3.08. The molecule has 1 aromatic carbocycles. The van der Waals surface area contributed by atoms with Gasteiger partial charge in [0, 0.05) is 18.0 Å². The van der Waals surface area contributed by atoms with E-state index in [1.807, 2.05) is 6.34 Å². The van der Waals surface area contributed by atoms with Crippen molar-refractivity contribution in [1.29, 1.82) is 5.26 Å². The molecule has 2 heterocycles. The molecular formula is C21H23N3O2S. The Morgan fingerprint density at radius 3 is 2.59 bits per heavy atom. The van der Waals surface area contributed by atoms with Crippen LogP contribution in [0.1, 0.15) is 40.0 Å². The molecule has 0 fully saturated rings. The van der Waals surface area contributed by atoms with Crippen molar-refractivity contribution in [2.24, 2.45) is 4.99 Å². The highest BCUT2D eigenvalue weighted by molar-refractivity contribution is 7.16. The van der Waals surface area contributed by atoms with Crippen LogP contribution in [0.25, 0.3) is 0 Å². The number of nitriles is 1. The van der Waals surface area contributed by atoms with Crippen LogP contribution < -0.4 is 9.47 Å². The van der Waals surface area contributed by atoms with Gasteiger partial charge in [0.2, 0.25) is 0 Å². The van der Waals surface area contributed by atoms with E-state index in [9.17, 15) is 5.26 Å². The molecule has 0 spiro atoms. The highest BCUT2D eigenvalue weighted by Gasteiger charge is 2.21. The summed E-state index contributed by atoms with van der Waals surface area (Å²) in [6, 6.07) is 6.51. The fraction of sp³-hybridized carbons (Fsp3) is 0.429. The third-order valence-electron chi connectivity index (χ3n) is 5.35. The third kappa shape index (κ3) is 3.40. The standard InChI is InChI=1S/C21H23N3O2S/c1-25-18-9-14-7-8-24(12-15(14)10-19(18)26-2)13-23-21-17(11-22)16-5-3-4-6-20(16)27-21/h9-10,13H,3-8,12H2,1-2H3. The van der Waals surface area contributed by atoms with E-state index in [0.717, 1.165) is 54.4 Å².